The van der Waals surface area contributed by atoms with Crippen molar-refractivity contribution < 1.29 is 0 Å². The van der Waals surface area contributed by atoms with Crippen LogP contribution in [0.1, 0.15) is 24.1 Å². The molecule has 0 aliphatic carbocycles. The number of nitrogens with one attached hydrogen (secondary N) is 3. The molecule has 2 aromatic heterocycles. The van der Waals surface area contributed by atoms with Gasteiger partial charge < -0.3 is 20.9 Å². The van der Waals surface area contributed by atoms with E-state index in [2.05, 4.69) is 32.9 Å². The van der Waals surface area contributed by atoms with Crippen molar-refractivity contribution in [3.8, 4) is 11.3 Å². The summed E-state index contributed by atoms with van der Waals surface area (Å²) < 4.78 is 0. The van der Waals surface area contributed by atoms with Gasteiger partial charge in [-0.05, 0) is 70.2 Å². The Labute approximate surface area is 204 Å². The summed E-state index contributed by atoms with van der Waals surface area (Å²) in [6.07, 6.45) is 4.67. The number of pyridine rings is 1. The normalized spacial score (nSPS) is 16.4. The molecule has 1 aromatic carbocycles. The second-order valence-corrected chi connectivity index (χ2v) is 9.59. The van der Waals surface area contributed by atoms with Crippen molar-refractivity contribution in [3.05, 3.63) is 52.8 Å². The van der Waals surface area contributed by atoms with Crippen LogP contribution in [0.2, 0.25) is 5.02 Å². The van der Waals surface area contributed by atoms with Gasteiger partial charge in [0, 0.05) is 40.5 Å². The zero-order valence-electron chi connectivity index (χ0n) is 18.7. The summed E-state index contributed by atoms with van der Waals surface area (Å²) in [6, 6.07) is 10.2. The lowest BCUT2D eigenvalue weighted by Crippen LogP contribution is -2.36. The summed E-state index contributed by atoms with van der Waals surface area (Å²) in [5, 5.41) is 10.8. The number of piperidine rings is 1. The Balaban J connectivity index is 1.37. The first-order valence-electron chi connectivity index (χ1n) is 11.1. The van der Waals surface area contributed by atoms with Gasteiger partial charge in [-0.25, -0.2) is 15.0 Å². The molecule has 9 heteroatoms. The third-order valence-corrected chi connectivity index (χ3v) is 6.61. The molecule has 0 saturated carbocycles. The van der Waals surface area contributed by atoms with E-state index in [1.807, 2.05) is 43.5 Å². The van der Waals surface area contributed by atoms with Crippen LogP contribution in [0.3, 0.4) is 0 Å². The number of hydrogen-bond acceptors (Lipinski definition) is 7. The Bertz CT molecular complexity index is 1210. The van der Waals surface area contributed by atoms with E-state index >= 15 is 0 Å². The minimum Gasteiger partial charge on any atom is -0.367 e. The highest BCUT2D eigenvalue weighted by Crippen LogP contribution is 2.35. The highest BCUT2D eigenvalue weighted by atomic mass is 35.5. The fourth-order valence-electron chi connectivity index (χ4n) is 4.28. The summed E-state index contributed by atoms with van der Waals surface area (Å²) >= 11 is 11.7. The molecule has 0 spiro atoms. The zero-order chi connectivity index (χ0) is 22.9. The number of likely N-dealkylation sites (tertiary alicyclic amines) is 1. The highest BCUT2D eigenvalue weighted by molar-refractivity contribution is 7.80. The zero-order valence-corrected chi connectivity index (χ0v) is 20.2. The first kappa shape index (κ1) is 22.0. The lowest BCUT2D eigenvalue weighted by molar-refractivity contribution is 0.263. The van der Waals surface area contributed by atoms with Gasteiger partial charge in [-0.1, -0.05) is 23.8 Å². The number of hydrogen-bond donors (Lipinski definition) is 3. The number of anilines is 4. The van der Waals surface area contributed by atoms with Crippen LogP contribution in [0, 0.1) is 6.92 Å². The molecule has 2 aliphatic rings. The highest BCUT2D eigenvalue weighted by Gasteiger charge is 2.20. The maximum Gasteiger partial charge on any atom is 0.227 e. The van der Waals surface area contributed by atoms with Gasteiger partial charge >= 0.3 is 0 Å². The first-order valence-corrected chi connectivity index (χ1v) is 11.9. The van der Waals surface area contributed by atoms with Gasteiger partial charge in [0.25, 0.3) is 0 Å². The first-order chi connectivity index (χ1) is 15.9. The molecule has 3 N–H and O–H groups in total. The van der Waals surface area contributed by atoms with E-state index in [-0.39, 0.29) is 0 Å². The van der Waals surface area contributed by atoms with Crippen LogP contribution in [0.5, 0.6) is 0 Å². The Kier molecular flexibility index (Phi) is 6.14. The molecule has 5 rings (SSSR count). The molecule has 0 radical (unpaired) electrons. The molecular formula is C24H26ClN7S. The molecule has 33 heavy (non-hydrogen) atoms. The standard InChI is InChI=1S/C24H26ClN7S/c1-14-19(5-6-21(27-14)28-17-7-9-32(2)10-8-17)30-24-26-13-15-11-22(33)29-20-12-16(25)3-4-18(20)23(15)31-24/h3-6,12-13,17H,7-11H2,1-2H3,(H,27,28)(H,29,33)(H,26,30,31). The second kappa shape index (κ2) is 9.21. The van der Waals surface area contributed by atoms with E-state index in [0.29, 0.717) is 28.4 Å². The number of rotatable bonds is 4. The van der Waals surface area contributed by atoms with Crippen LogP contribution in [0.25, 0.3) is 11.3 Å². The molecular weight excluding hydrogens is 454 g/mol. The average molecular weight is 480 g/mol. The van der Waals surface area contributed by atoms with Gasteiger partial charge in [-0.2, -0.15) is 0 Å². The molecule has 1 saturated heterocycles. The lowest BCUT2D eigenvalue weighted by Gasteiger charge is -2.29. The van der Waals surface area contributed by atoms with Crippen molar-refractivity contribution in [2.45, 2.75) is 32.2 Å². The van der Waals surface area contributed by atoms with Crippen LogP contribution in [-0.4, -0.2) is 51.0 Å². The average Bonchev–Trinajstić information content (AvgIpc) is 2.92. The SMILES string of the molecule is Cc1nc(NC2CCN(C)CC2)ccc1Nc1ncc2c(n1)-c1ccc(Cl)cc1NC(=S)C2. The Morgan fingerprint density at radius 3 is 2.76 bits per heavy atom. The number of halogens is 1. The van der Waals surface area contributed by atoms with Crippen LogP contribution in [0.15, 0.2) is 36.5 Å². The third-order valence-electron chi connectivity index (χ3n) is 6.13. The molecule has 1 fully saturated rings. The van der Waals surface area contributed by atoms with Crippen LogP contribution in [0.4, 0.5) is 23.1 Å². The van der Waals surface area contributed by atoms with Gasteiger partial charge in [-0.15, -0.1) is 0 Å². The smallest absolute Gasteiger partial charge is 0.227 e. The summed E-state index contributed by atoms with van der Waals surface area (Å²) in [7, 11) is 2.17. The van der Waals surface area contributed by atoms with Crippen molar-refractivity contribution >= 4 is 51.9 Å². The fourth-order valence-corrected chi connectivity index (χ4v) is 4.72. The minimum absolute atomic E-state index is 0.466. The van der Waals surface area contributed by atoms with Gasteiger partial charge in [0.2, 0.25) is 5.95 Å². The van der Waals surface area contributed by atoms with Gasteiger partial charge in [-0.3, -0.25) is 0 Å². The summed E-state index contributed by atoms with van der Waals surface area (Å²) in [5.74, 6) is 1.42. The Morgan fingerprint density at radius 2 is 1.97 bits per heavy atom. The lowest BCUT2D eigenvalue weighted by atomic mass is 10.1. The van der Waals surface area contributed by atoms with Crippen molar-refractivity contribution in [1.29, 1.82) is 0 Å². The van der Waals surface area contributed by atoms with Crippen LogP contribution < -0.4 is 16.0 Å². The fraction of sp³-hybridized carbons (Fsp3) is 0.333. The van der Waals surface area contributed by atoms with Gasteiger partial charge in [0.1, 0.15) is 5.82 Å². The predicted molar refractivity (Wildman–Crippen MR) is 139 cm³/mol. The number of aryl methyl sites for hydroxylation is 1. The molecule has 0 unspecified atom stereocenters. The number of fused-ring (bicyclic) bond motifs is 3. The molecule has 4 heterocycles. The van der Waals surface area contributed by atoms with Crippen LogP contribution in [-0.2, 0) is 6.42 Å². The van der Waals surface area contributed by atoms with E-state index in [9.17, 15) is 0 Å². The van der Waals surface area contributed by atoms with Crippen LogP contribution >= 0.6 is 23.8 Å². The molecule has 2 aliphatic heterocycles. The maximum atomic E-state index is 6.20. The van der Waals surface area contributed by atoms with Gasteiger partial charge in [0.15, 0.2) is 0 Å². The van der Waals surface area contributed by atoms with Crippen molar-refractivity contribution in [3.63, 3.8) is 0 Å². The van der Waals surface area contributed by atoms with E-state index < -0.39 is 0 Å². The minimum atomic E-state index is 0.466. The molecule has 0 atom stereocenters. The topological polar surface area (TPSA) is 78.0 Å². The second-order valence-electron chi connectivity index (χ2n) is 8.66. The molecule has 3 aromatic rings. The molecule has 170 valence electrons. The van der Waals surface area contributed by atoms with E-state index in [1.165, 1.54) is 0 Å². The van der Waals surface area contributed by atoms with E-state index in [1.54, 1.807) is 0 Å². The number of nitrogens with zero attached hydrogens (tertiary/aromatic N) is 4. The monoisotopic (exact) mass is 479 g/mol. The quantitative estimate of drug-likeness (QED) is 0.449. The molecule has 0 amide bonds. The van der Waals surface area contributed by atoms with Crippen molar-refractivity contribution in [2.75, 3.05) is 36.1 Å². The van der Waals surface area contributed by atoms with E-state index in [0.717, 1.165) is 65.6 Å². The summed E-state index contributed by atoms with van der Waals surface area (Å²) in [4.78, 5) is 17.2. The summed E-state index contributed by atoms with van der Waals surface area (Å²) in [5.41, 5.74) is 5.40. The molecule has 7 nitrogen and oxygen atoms in total. The summed E-state index contributed by atoms with van der Waals surface area (Å²) in [6.45, 7) is 4.22. The maximum absolute atomic E-state index is 6.20. The largest absolute Gasteiger partial charge is 0.367 e. The van der Waals surface area contributed by atoms with E-state index in [4.69, 9.17) is 33.8 Å². The Hall–Kier alpha value is -2.81. The van der Waals surface area contributed by atoms with Crippen molar-refractivity contribution in [1.82, 2.24) is 19.9 Å². The third kappa shape index (κ3) is 4.93. The number of thiocarbonyl (C=S) groups is 1. The van der Waals surface area contributed by atoms with Crippen molar-refractivity contribution in [2.24, 2.45) is 0 Å². The Morgan fingerprint density at radius 1 is 1.15 bits per heavy atom. The number of benzene rings is 1. The number of aromatic nitrogens is 3. The van der Waals surface area contributed by atoms with Gasteiger partial charge in [0.05, 0.1) is 22.1 Å². The molecule has 0 bridgehead atoms. The predicted octanol–water partition coefficient (Wildman–Crippen LogP) is 5.05.